The summed E-state index contributed by atoms with van der Waals surface area (Å²) < 4.78 is 40.9. The molecule has 4 rings (SSSR count). The van der Waals surface area contributed by atoms with Gasteiger partial charge < -0.3 is 20.1 Å². The van der Waals surface area contributed by atoms with Crippen molar-refractivity contribution in [1.29, 1.82) is 10.8 Å². The number of sulfonamides is 1. The maximum absolute atomic E-state index is 13.1. The van der Waals surface area contributed by atoms with Crippen molar-refractivity contribution in [2.24, 2.45) is 5.73 Å². The normalized spacial score (nSPS) is 16.1. The van der Waals surface area contributed by atoms with Crippen LogP contribution in [0.4, 0.5) is 0 Å². The minimum Gasteiger partial charge on any atom is -0.492 e. The Morgan fingerprint density at radius 1 is 1.05 bits per heavy atom. The Hall–Kier alpha value is -3.89. The number of nitrogens with zero attached hydrogens (tertiary/aromatic N) is 1. The fourth-order valence-corrected chi connectivity index (χ4v) is 5.52. The lowest BCUT2D eigenvalue weighted by atomic mass is 10.1. The summed E-state index contributed by atoms with van der Waals surface area (Å²) in [6.07, 6.45) is 1.29. The molecule has 0 spiro atoms. The van der Waals surface area contributed by atoms with Crippen LogP contribution in [0, 0.1) is 10.8 Å². The molecule has 0 unspecified atom stereocenters. The molecule has 0 radical (unpaired) electrons. The van der Waals surface area contributed by atoms with Gasteiger partial charge in [-0.25, -0.2) is 13.1 Å². The first-order chi connectivity index (χ1) is 18.2. The summed E-state index contributed by atoms with van der Waals surface area (Å²) in [6.45, 7) is 3.37. The second kappa shape index (κ2) is 12.1. The monoisotopic (exact) mass is 535 g/mol. The molecule has 38 heavy (non-hydrogen) atoms. The van der Waals surface area contributed by atoms with Gasteiger partial charge in [-0.15, -0.1) is 0 Å². The molecular formula is C28H33N5O4S. The van der Waals surface area contributed by atoms with E-state index < -0.39 is 16.1 Å². The van der Waals surface area contributed by atoms with E-state index >= 15 is 0 Å². The van der Waals surface area contributed by atoms with Crippen molar-refractivity contribution < 1.29 is 17.9 Å². The van der Waals surface area contributed by atoms with E-state index in [4.69, 9.17) is 26.0 Å². The SMILES string of the molecule is CC(=N)N1CC[C@H](Oc2ccc(C[C@@H](COc3cccc(C(=N)N)c3)NS(=O)(=O)c3ccccc3)cc2)C1. The molecule has 5 N–H and O–H groups in total. The highest BCUT2D eigenvalue weighted by molar-refractivity contribution is 7.89. The van der Waals surface area contributed by atoms with Crippen LogP contribution in [0.15, 0.2) is 83.8 Å². The summed E-state index contributed by atoms with van der Waals surface area (Å²) in [7, 11) is -3.77. The van der Waals surface area contributed by atoms with Crippen LogP contribution < -0.4 is 19.9 Å². The highest BCUT2D eigenvalue weighted by Gasteiger charge is 2.25. The lowest BCUT2D eigenvalue weighted by Crippen LogP contribution is -2.40. The Bertz CT molecular complexity index is 1360. The second-order valence-electron chi connectivity index (χ2n) is 9.29. The first-order valence-electron chi connectivity index (χ1n) is 12.4. The predicted molar refractivity (Wildman–Crippen MR) is 148 cm³/mol. The molecule has 0 amide bonds. The highest BCUT2D eigenvalue weighted by Crippen LogP contribution is 2.21. The van der Waals surface area contributed by atoms with Crippen molar-refractivity contribution in [2.45, 2.75) is 36.8 Å². The minimum atomic E-state index is -3.77. The van der Waals surface area contributed by atoms with E-state index in [0.717, 1.165) is 24.3 Å². The average molecular weight is 536 g/mol. The van der Waals surface area contributed by atoms with Gasteiger partial charge in [0.2, 0.25) is 10.0 Å². The maximum atomic E-state index is 13.1. The van der Waals surface area contributed by atoms with Gasteiger partial charge in [0.05, 0.1) is 23.3 Å². The van der Waals surface area contributed by atoms with Crippen LogP contribution in [-0.2, 0) is 16.4 Å². The number of nitrogens with one attached hydrogen (secondary N) is 3. The third-order valence-corrected chi connectivity index (χ3v) is 7.84. The van der Waals surface area contributed by atoms with Crippen molar-refractivity contribution in [3.8, 4) is 11.5 Å². The highest BCUT2D eigenvalue weighted by atomic mass is 32.2. The lowest BCUT2D eigenvalue weighted by Gasteiger charge is -2.20. The summed E-state index contributed by atoms with van der Waals surface area (Å²) in [5.74, 6) is 1.71. The standard InChI is InChI=1S/C28H33N5O4S/c1-20(29)33-15-14-26(18-33)37-24-12-10-21(11-13-24)16-23(32-38(34,35)27-8-3-2-4-9-27)19-36-25-7-5-6-22(17-25)28(30)31/h2-13,17,23,26,29,32H,14-16,18-19H2,1H3,(H3,30,31)/t23-,26-/m0/s1. The van der Waals surface area contributed by atoms with Crippen LogP contribution in [0.1, 0.15) is 24.5 Å². The van der Waals surface area contributed by atoms with Crippen molar-refractivity contribution in [3.05, 3.63) is 90.0 Å². The summed E-state index contributed by atoms with van der Waals surface area (Å²) in [6, 6.07) is 22.1. The van der Waals surface area contributed by atoms with Crippen LogP contribution in [-0.4, -0.2) is 56.8 Å². The second-order valence-corrected chi connectivity index (χ2v) is 11.0. The fourth-order valence-electron chi connectivity index (χ4n) is 4.28. The summed E-state index contributed by atoms with van der Waals surface area (Å²) >= 11 is 0. The summed E-state index contributed by atoms with van der Waals surface area (Å²) in [5, 5.41) is 15.4. The molecular weight excluding hydrogens is 502 g/mol. The van der Waals surface area contributed by atoms with Crippen molar-refractivity contribution in [1.82, 2.24) is 9.62 Å². The molecule has 1 aliphatic heterocycles. The van der Waals surface area contributed by atoms with Crippen LogP contribution in [0.3, 0.4) is 0 Å². The number of likely N-dealkylation sites (tertiary alicyclic amines) is 1. The van der Waals surface area contributed by atoms with Gasteiger partial charge in [-0.3, -0.25) is 10.8 Å². The Morgan fingerprint density at radius 3 is 2.45 bits per heavy atom. The first-order valence-corrected chi connectivity index (χ1v) is 13.9. The fraction of sp³-hybridized carbons (Fsp3) is 0.286. The Morgan fingerprint density at radius 2 is 1.79 bits per heavy atom. The smallest absolute Gasteiger partial charge is 0.240 e. The molecule has 0 bridgehead atoms. The van der Waals surface area contributed by atoms with Crippen molar-refractivity contribution in [2.75, 3.05) is 19.7 Å². The molecule has 3 aromatic carbocycles. The predicted octanol–water partition coefficient (Wildman–Crippen LogP) is 3.39. The van der Waals surface area contributed by atoms with E-state index in [1.54, 1.807) is 61.5 Å². The first kappa shape index (κ1) is 27.2. The number of hydrogen-bond donors (Lipinski definition) is 4. The van der Waals surface area contributed by atoms with Crippen molar-refractivity contribution >= 4 is 21.7 Å². The maximum Gasteiger partial charge on any atom is 0.240 e. The number of hydrogen-bond acceptors (Lipinski definition) is 6. The van der Waals surface area contributed by atoms with Gasteiger partial charge in [0.15, 0.2) is 0 Å². The number of benzene rings is 3. The summed E-state index contributed by atoms with van der Waals surface area (Å²) in [4.78, 5) is 2.17. The van der Waals surface area contributed by atoms with Crippen LogP contribution in [0.25, 0.3) is 0 Å². The number of nitrogens with two attached hydrogens (primary N) is 1. The zero-order chi connectivity index (χ0) is 27.1. The minimum absolute atomic E-state index is 0.0331. The number of ether oxygens (including phenoxy) is 2. The Kier molecular flexibility index (Phi) is 8.65. The number of nitrogen functional groups attached to an aromatic ring is 1. The van der Waals surface area contributed by atoms with Crippen LogP contribution in [0.2, 0.25) is 0 Å². The number of rotatable bonds is 11. The molecule has 2 atom stereocenters. The van der Waals surface area contributed by atoms with Crippen molar-refractivity contribution in [3.63, 3.8) is 0 Å². The van der Waals surface area contributed by atoms with Gasteiger partial charge in [0.1, 0.15) is 30.0 Å². The molecule has 9 nitrogen and oxygen atoms in total. The molecule has 0 aliphatic carbocycles. The molecule has 3 aromatic rings. The van der Waals surface area contributed by atoms with E-state index in [1.807, 2.05) is 29.2 Å². The molecule has 10 heteroatoms. The summed E-state index contributed by atoms with van der Waals surface area (Å²) in [5.41, 5.74) is 7.03. The molecule has 1 saturated heterocycles. The molecule has 1 aliphatic rings. The molecule has 1 fully saturated rings. The largest absolute Gasteiger partial charge is 0.492 e. The molecule has 0 saturated carbocycles. The van der Waals surface area contributed by atoms with Gasteiger partial charge in [-0.1, -0.05) is 42.5 Å². The van der Waals surface area contributed by atoms with E-state index in [2.05, 4.69) is 4.72 Å². The average Bonchev–Trinajstić information content (AvgIpc) is 3.38. The van der Waals surface area contributed by atoms with Gasteiger partial charge >= 0.3 is 0 Å². The molecule has 0 aromatic heterocycles. The topological polar surface area (TPSA) is 142 Å². The van der Waals surface area contributed by atoms with E-state index in [1.165, 1.54) is 0 Å². The van der Waals surface area contributed by atoms with E-state index in [9.17, 15) is 8.42 Å². The molecule has 1 heterocycles. The molecule has 200 valence electrons. The lowest BCUT2D eigenvalue weighted by molar-refractivity contribution is 0.214. The zero-order valence-electron chi connectivity index (χ0n) is 21.3. The van der Waals surface area contributed by atoms with Gasteiger partial charge in [0, 0.05) is 18.5 Å². The van der Waals surface area contributed by atoms with Gasteiger partial charge in [0.25, 0.3) is 0 Å². The Balaban J connectivity index is 1.45. The van der Waals surface area contributed by atoms with Gasteiger partial charge in [-0.05, 0) is 55.3 Å². The zero-order valence-corrected chi connectivity index (χ0v) is 22.1. The third-order valence-electron chi connectivity index (χ3n) is 6.30. The van der Waals surface area contributed by atoms with Gasteiger partial charge in [-0.2, -0.15) is 0 Å². The quantitative estimate of drug-likeness (QED) is 0.219. The van der Waals surface area contributed by atoms with E-state index in [0.29, 0.717) is 30.1 Å². The Labute approximate surface area is 223 Å². The van der Waals surface area contributed by atoms with E-state index in [-0.39, 0.29) is 23.4 Å². The van der Waals surface area contributed by atoms with Crippen LogP contribution in [0.5, 0.6) is 11.5 Å². The number of amidine groups is 2. The van der Waals surface area contributed by atoms with Crippen LogP contribution >= 0.6 is 0 Å². The third kappa shape index (κ3) is 7.33.